The number of phenols is 1. The Morgan fingerprint density at radius 1 is 1.25 bits per heavy atom. The fourth-order valence-corrected chi connectivity index (χ4v) is 3.31. The van der Waals surface area contributed by atoms with Crippen LogP contribution >= 0.6 is 15.9 Å². The van der Waals surface area contributed by atoms with E-state index >= 15 is 0 Å². The summed E-state index contributed by atoms with van der Waals surface area (Å²) in [6, 6.07) is 3.66. The van der Waals surface area contributed by atoms with Crippen LogP contribution in [0.3, 0.4) is 0 Å². The van der Waals surface area contributed by atoms with Crippen LogP contribution in [0.1, 0.15) is 43.2 Å². The van der Waals surface area contributed by atoms with Gasteiger partial charge in [0.25, 0.3) is 0 Å². The summed E-state index contributed by atoms with van der Waals surface area (Å²) >= 11 is 3.56. The Hall–Kier alpha value is -0.540. The van der Waals surface area contributed by atoms with E-state index in [0.717, 1.165) is 41.3 Å². The minimum Gasteiger partial charge on any atom is -0.508 e. The molecule has 1 fully saturated rings. The average Bonchev–Trinajstić information content (AvgIpc) is 2.25. The van der Waals surface area contributed by atoms with E-state index in [9.17, 15) is 5.11 Å². The third-order valence-corrected chi connectivity index (χ3v) is 4.58. The van der Waals surface area contributed by atoms with Gasteiger partial charge in [0.2, 0.25) is 0 Å². The lowest BCUT2D eigenvalue weighted by Gasteiger charge is -2.35. The molecule has 0 heterocycles. The van der Waals surface area contributed by atoms with Crippen LogP contribution in [0.2, 0.25) is 0 Å². The van der Waals surface area contributed by atoms with E-state index in [0.29, 0.717) is 5.75 Å². The zero-order valence-electron chi connectivity index (χ0n) is 9.59. The molecule has 3 N–H and O–H groups in total. The first-order valence-corrected chi connectivity index (χ1v) is 6.61. The molecule has 1 aromatic carbocycles. The molecule has 0 radical (unpaired) electrons. The first-order chi connectivity index (χ1) is 7.54. The normalized spacial score (nSPS) is 19.7. The second kappa shape index (κ2) is 4.38. The van der Waals surface area contributed by atoms with Gasteiger partial charge in [0, 0.05) is 15.6 Å². The van der Waals surface area contributed by atoms with E-state index in [-0.39, 0.29) is 5.54 Å². The number of aromatic hydroxyl groups is 1. The molecular formula is C13H18BrNO. The smallest absolute Gasteiger partial charge is 0.121 e. The molecule has 0 aliphatic heterocycles. The zero-order chi connectivity index (χ0) is 11.8. The molecule has 0 saturated heterocycles. The van der Waals surface area contributed by atoms with Crippen LogP contribution in [0.15, 0.2) is 16.6 Å². The molecule has 0 atom stereocenters. The van der Waals surface area contributed by atoms with Gasteiger partial charge in [-0.05, 0) is 31.4 Å². The Morgan fingerprint density at radius 2 is 1.88 bits per heavy atom. The van der Waals surface area contributed by atoms with Crippen molar-refractivity contribution >= 4 is 15.9 Å². The monoisotopic (exact) mass is 283 g/mol. The Kier molecular flexibility index (Phi) is 3.27. The van der Waals surface area contributed by atoms with Crippen molar-refractivity contribution in [2.24, 2.45) is 5.73 Å². The summed E-state index contributed by atoms with van der Waals surface area (Å²) in [5.41, 5.74) is 8.13. The Labute approximate surface area is 105 Å². The number of hydrogen-bond donors (Lipinski definition) is 2. The maximum Gasteiger partial charge on any atom is 0.121 e. The number of phenolic OH excluding ortho intramolecular Hbond substituents is 1. The predicted molar refractivity (Wildman–Crippen MR) is 69.5 cm³/mol. The minimum atomic E-state index is -0.354. The van der Waals surface area contributed by atoms with Crippen LogP contribution in [0.25, 0.3) is 0 Å². The molecule has 0 bridgehead atoms. The SMILES string of the molecule is Cc1ccc(O)c(C2(N)CCCCC2)c1Br. The minimum absolute atomic E-state index is 0.321. The van der Waals surface area contributed by atoms with Gasteiger partial charge in [-0.25, -0.2) is 0 Å². The largest absolute Gasteiger partial charge is 0.508 e. The summed E-state index contributed by atoms with van der Waals surface area (Å²) < 4.78 is 0.969. The van der Waals surface area contributed by atoms with Crippen LogP contribution in [0.4, 0.5) is 0 Å². The molecule has 0 amide bonds. The third kappa shape index (κ3) is 1.98. The second-order valence-corrected chi connectivity index (χ2v) is 5.60. The van der Waals surface area contributed by atoms with Crippen molar-refractivity contribution in [3.05, 3.63) is 27.7 Å². The summed E-state index contributed by atoms with van der Waals surface area (Å²) in [6.45, 7) is 2.03. The van der Waals surface area contributed by atoms with E-state index in [2.05, 4.69) is 15.9 Å². The lowest BCUT2D eigenvalue weighted by Crippen LogP contribution is -2.39. The summed E-state index contributed by atoms with van der Waals surface area (Å²) in [7, 11) is 0. The molecule has 0 spiro atoms. The van der Waals surface area contributed by atoms with Crippen LogP contribution in [-0.2, 0) is 5.54 Å². The van der Waals surface area contributed by atoms with Crippen molar-refractivity contribution in [2.75, 3.05) is 0 Å². The molecule has 1 aromatic rings. The highest BCUT2D eigenvalue weighted by Crippen LogP contribution is 2.43. The van der Waals surface area contributed by atoms with E-state index in [1.165, 1.54) is 6.42 Å². The maximum atomic E-state index is 10.0. The quantitative estimate of drug-likeness (QED) is 0.828. The number of aryl methyl sites for hydroxylation is 1. The average molecular weight is 284 g/mol. The third-order valence-electron chi connectivity index (χ3n) is 3.56. The van der Waals surface area contributed by atoms with E-state index in [1.807, 2.05) is 13.0 Å². The van der Waals surface area contributed by atoms with E-state index in [1.54, 1.807) is 6.07 Å². The van der Waals surface area contributed by atoms with Gasteiger partial charge in [0.05, 0.1) is 0 Å². The Bertz CT molecular complexity index is 397. The first-order valence-electron chi connectivity index (χ1n) is 5.82. The lowest BCUT2D eigenvalue weighted by molar-refractivity contribution is 0.290. The van der Waals surface area contributed by atoms with Gasteiger partial charge >= 0.3 is 0 Å². The second-order valence-electron chi connectivity index (χ2n) is 4.81. The summed E-state index contributed by atoms with van der Waals surface area (Å²) in [4.78, 5) is 0. The van der Waals surface area contributed by atoms with Crippen molar-refractivity contribution in [1.29, 1.82) is 0 Å². The van der Waals surface area contributed by atoms with E-state index in [4.69, 9.17) is 5.73 Å². The van der Waals surface area contributed by atoms with Gasteiger partial charge in [0.15, 0.2) is 0 Å². The fourth-order valence-electron chi connectivity index (χ4n) is 2.58. The molecule has 3 heteroatoms. The summed E-state index contributed by atoms with van der Waals surface area (Å²) in [6.07, 6.45) is 5.47. The Morgan fingerprint density at radius 3 is 2.50 bits per heavy atom. The van der Waals surface area contributed by atoms with Crippen molar-refractivity contribution in [3.8, 4) is 5.75 Å². The fraction of sp³-hybridized carbons (Fsp3) is 0.538. The van der Waals surface area contributed by atoms with Crippen LogP contribution < -0.4 is 5.73 Å². The van der Waals surface area contributed by atoms with Crippen LogP contribution in [0.5, 0.6) is 5.75 Å². The van der Waals surface area contributed by atoms with Gasteiger partial charge in [-0.2, -0.15) is 0 Å². The highest BCUT2D eigenvalue weighted by molar-refractivity contribution is 9.10. The van der Waals surface area contributed by atoms with Gasteiger partial charge in [-0.15, -0.1) is 0 Å². The van der Waals surface area contributed by atoms with Crippen LogP contribution in [-0.4, -0.2) is 5.11 Å². The highest BCUT2D eigenvalue weighted by atomic mass is 79.9. The first kappa shape index (κ1) is 11.9. The summed E-state index contributed by atoms with van der Waals surface area (Å²) in [5, 5.41) is 10.0. The molecular weight excluding hydrogens is 266 g/mol. The number of rotatable bonds is 1. The maximum absolute atomic E-state index is 10.0. The van der Waals surface area contributed by atoms with Crippen molar-refractivity contribution < 1.29 is 5.11 Å². The standard InChI is InChI=1S/C13H18BrNO/c1-9-5-6-10(16)11(12(9)14)13(15)7-3-2-4-8-13/h5-6,16H,2-4,7-8,15H2,1H3. The molecule has 1 saturated carbocycles. The van der Waals surface area contributed by atoms with Gasteiger partial charge < -0.3 is 10.8 Å². The number of halogens is 1. The van der Waals surface area contributed by atoms with Crippen LogP contribution in [0, 0.1) is 6.92 Å². The Balaban J connectivity index is 2.49. The molecule has 0 unspecified atom stereocenters. The number of nitrogens with two attached hydrogens (primary N) is 1. The molecule has 1 aliphatic carbocycles. The van der Waals surface area contributed by atoms with E-state index < -0.39 is 0 Å². The molecule has 1 aliphatic rings. The lowest BCUT2D eigenvalue weighted by atomic mass is 9.77. The van der Waals surface area contributed by atoms with Gasteiger partial charge in [0.1, 0.15) is 5.75 Å². The van der Waals surface area contributed by atoms with Gasteiger partial charge in [-0.3, -0.25) is 0 Å². The highest BCUT2D eigenvalue weighted by Gasteiger charge is 2.33. The van der Waals surface area contributed by atoms with Crippen molar-refractivity contribution in [2.45, 2.75) is 44.6 Å². The molecule has 16 heavy (non-hydrogen) atoms. The van der Waals surface area contributed by atoms with Crippen molar-refractivity contribution in [3.63, 3.8) is 0 Å². The number of benzene rings is 1. The van der Waals surface area contributed by atoms with Gasteiger partial charge in [-0.1, -0.05) is 41.3 Å². The molecule has 88 valence electrons. The number of hydrogen-bond acceptors (Lipinski definition) is 2. The van der Waals surface area contributed by atoms with Crippen molar-refractivity contribution in [1.82, 2.24) is 0 Å². The zero-order valence-corrected chi connectivity index (χ0v) is 11.2. The predicted octanol–water partition coefficient (Wildman–Crippen LogP) is 3.58. The molecule has 2 rings (SSSR count). The summed E-state index contributed by atoms with van der Waals surface area (Å²) in [5.74, 6) is 0.321. The topological polar surface area (TPSA) is 46.2 Å². The molecule has 2 nitrogen and oxygen atoms in total. The molecule has 0 aromatic heterocycles.